The summed E-state index contributed by atoms with van der Waals surface area (Å²) < 4.78 is 44.9. The van der Waals surface area contributed by atoms with E-state index in [2.05, 4.69) is 0 Å². The van der Waals surface area contributed by atoms with Crippen LogP contribution in [0.25, 0.3) is 0 Å². The van der Waals surface area contributed by atoms with Crippen LogP contribution in [0.4, 0.5) is 3.89 Å². The van der Waals surface area contributed by atoms with Crippen LogP contribution in [0.15, 0.2) is 0 Å². The molecule has 0 N–H and O–H groups in total. The highest BCUT2D eigenvalue weighted by Gasteiger charge is 2.45. The molecule has 2 aliphatic rings. The largest absolute Gasteiger partial charge is 0.381 e. The summed E-state index contributed by atoms with van der Waals surface area (Å²) in [5.74, 6) is -0.507. The van der Waals surface area contributed by atoms with Crippen molar-refractivity contribution >= 4 is 10.2 Å². The topological polar surface area (TPSA) is 52.6 Å². The Morgan fingerprint density at radius 2 is 1.94 bits per heavy atom. The van der Waals surface area contributed by atoms with Gasteiger partial charge in [0.15, 0.2) is 0 Å². The fourth-order valence-electron chi connectivity index (χ4n) is 2.75. The molecule has 2 rings (SSSR count). The zero-order chi connectivity index (χ0) is 11.6. The van der Waals surface area contributed by atoms with Crippen molar-refractivity contribution < 1.29 is 21.8 Å². The molecule has 6 heteroatoms. The smallest absolute Gasteiger partial charge is 0.304 e. The highest BCUT2D eigenvalue weighted by Crippen LogP contribution is 2.44. The van der Waals surface area contributed by atoms with Crippen molar-refractivity contribution in [1.29, 1.82) is 0 Å². The lowest BCUT2D eigenvalue weighted by atomic mass is 9.75. The van der Waals surface area contributed by atoms with E-state index in [1.165, 1.54) is 0 Å². The molecule has 94 valence electrons. The Morgan fingerprint density at radius 1 is 1.19 bits per heavy atom. The Hall–Kier alpha value is -0.200. The summed E-state index contributed by atoms with van der Waals surface area (Å²) in [6, 6.07) is 0. The van der Waals surface area contributed by atoms with Gasteiger partial charge in [-0.2, -0.15) is 8.42 Å². The first kappa shape index (κ1) is 12.3. The summed E-state index contributed by atoms with van der Waals surface area (Å²) in [7, 11) is -4.46. The third kappa shape index (κ3) is 2.73. The number of rotatable bonds is 2. The van der Waals surface area contributed by atoms with Gasteiger partial charge in [0.25, 0.3) is 0 Å². The molecule has 0 aromatic rings. The fraction of sp³-hybridized carbons (Fsp3) is 1.00. The minimum atomic E-state index is -4.46. The van der Waals surface area contributed by atoms with E-state index in [4.69, 9.17) is 9.47 Å². The van der Waals surface area contributed by atoms with Crippen molar-refractivity contribution in [2.24, 2.45) is 5.41 Å². The molecule has 0 aromatic carbocycles. The third-order valence-corrected chi connectivity index (χ3v) is 4.36. The number of hydrogen-bond acceptors (Lipinski definition) is 4. The molecule has 1 spiro atoms. The maximum Gasteiger partial charge on any atom is 0.304 e. The van der Waals surface area contributed by atoms with Gasteiger partial charge in [-0.3, -0.25) is 0 Å². The third-order valence-electron chi connectivity index (χ3n) is 3.66. The molecule has 2 aliphatic heterocycles. The second kappa shape index (κ2) is 4.58. The molecule has 0 aromatic heterocycles. The fourth-order valence-corrected chi connectivity index (χ4v) is 3.56. The molecule has 2 saturated heterocycles. The van der Waals surface area contributed by atoms with E-state index in [1.54, 1.807) is 0 Å². The molecule has 0 aliphatic carbocycles. The number of ether oxygens (including phenoxy) is 2. The second-order valence-electron chi connectivity index (χ2n) is 4.64. The Bertz CT molecular complexity index is 333. The molecule has 2 atom stereocenters. The highest BCUT2D eigenvalue weighted by molar-refractivity contribution is 7.86. The molecular formula is C10H17FO4S. The van der Waals surface area contributed by atoms with Gasteiger partial charge in [0.1, 0.15) is 5.75 Å². The van der Waals surface area contributed by atoms with Gasteiger partial charge in [-0.05, 0) is 25.7 Å². The lowest BCUT2D eigenvalue weighted by Gasteiger charge is -2.31. The Morgan fingerprint density at radius 3 is 2.69 bits per heavy atom. The van der Waals surface area contributed by atoms with Crippen LogP contribution in [0.1, 0.15) is 25.7 Å². The first-order valence-corrected chi connectivity index (χ1v) is 7.19. The van der Waals surface area contributed by atoms with E-state index in [9.17, 15) is 12.3 Å². The van der Waals surface area contributed by atoms with Crippen molar-refractivity contribution in [3.63, 3.8) is 0 Å². The summed E-state index contributed by atoms with van der Waals surface area (Å²) in [5, 5.41) is 0. The van der Waals surface area contributed by atoms with E-state index in [0.717, 1.165) is 25.7 Å². The van der Waals surface area contributed by atoms with E-state index < -0.39 is 22.1 Å². The molecule has 2 unspecified atom stereocenters. The molecule has 0 radical (unpaired) electrons. The van der Waals surface area contributed by atoms with Crippen LogP contribution >= 0.6 is 0 Å². The van der Waals surface area contributed by atoms with Crippen LogP contribution in [-0.4, -0.2) is 40.1 Å². The van der Waals surface area contributed by atoms with Gasteiger partial charge >= 0.3 is 10.2 Å². The summed E-state index contributed by atoms with van der Waals surface area (Å²) >= 11 is 0. The molecule has 0 saturated carbocycles. The van der Waals surface area contributed by atoms with Crippen molar-refractivity contribution in [3.05, 3.63) is 0 Å². The quantitative estimate of drug-likeness (QED) is 0.694. The number of hydrogen-bond donors (Lipinski definition) is 0. The minimum absolute atomic E-state index is 0.185. The van der Waals surface area contributed by atoms with Gasteiger partial charge in [0, 0.05) is 25.2 Å². The summed E-state index contributed by atoms with van der Waals surface area (Å²) in [5.41, 5.74) is -0.185. The molecule has 0 amide bonds. The van der Waals surface area contributed by atoms with Crippen LogP contribution < -0.4 is 0 Å². The summed E-state index contributed by atoms with van der Waals surface area (Å²) in [6.07, 6.45) is 2.85. The molecule has 2 heterocycles. The van der Waals surface area contributed by atoms with Crippen molar-refractivity contribution in [3.8, 4) is 0 Å². The summed E-state index contributed by atoms with van der Waals surface area (Å²) in [6.45, 7) is 1.85. The van der Waals surface area contributed by atoms with Crippen LogP contribution in [-0.2, 0) is 19.7 Å². The lowest BCUT2D eigenvalue weighted by Crippen LogP contribution is -2.36. The molecule has 2 fully saturated rings. The molecular weight excluding hydrogens is 235 g/mol. The maximum atomic E-state index is 12.7. The van der Waals surface area contributed by atoms with E-state index in [0.29, 0.717) is 19.8 Å². The molecule has 4 nitrogen and oxygen atoms in total. The average molecular weight is 252 g/mol. The normalized spacial score (nSPS) is 36.4. The zero-order valence-electron chi connectivity index (χ0n) is 9.15. The zero-order valence-corrected chi connectivity index (χ0v) is 9.97. The van der Waals surface area contributed by atoms with Gasteiger partial charge in [-0.25, -0.2) is 0 Å². The van der Waals surface area contributed by atoms with Crippen LogP contribution in [0.2, 0.25) is 0 Å². The Labute approximate surface area is 95.3 Å². The van der Waals surface area contributed by atoms with Gasteiger partial charge in [0.2, 0.25) is 0 Å². The van der Waals surface area contributed by atoms with Gasteiger partial charge in [-0.15, -0.1) is 3.89 Å². The molecule has 0 bridgehead atoms. The Kier molecular flexibility index (Phi) is 3.51. The van der Waals surface area contributed by atoms with Gasteiger partial charge < -0.3 is 9.47 Å². The Balaban J connectivity index is 2.11. The van der Waals surface area contributed by atoms with Crippen LogP contribution in [0, 0.1) is 5.41 Å². The second-order valence-corrected chi connectivity index (χ2v) is 6.05. The van der Waals surface area contributed by atoms with Crippen molar-refractivity contribution in [1.82, 2.24) is 0 Å². The predicted octanol–water partition coefficient (Wildman–Crippen LogP) is 1.26. The first-order chi connectivity index (χ1) is 7.52. The average Bonchev–Trinajstić information content (AvgIpc) is 2.42. The summed E-state index contributed by atoms with van der Waals surface area (Å²) in [4.78, 5) is 0. The van der Waals surface area contributed by atoms with Gasteiger partial charge in [-0.1, -0.05) is 0 Å². The van der Waals surface area contributed by atoms with Crippen molar-refractivity contribution in [2.45, 2.75) is 31.8 Å². The minimum Gasteiger partial charge on any atom is -0.381 e. The van der Waals surface area contributed by atoms with Crippen LogP contribution in [0.5, 0.6) is 0 Å². The lowest BCUT2D eigenvalue weighted by molar-refractivity contribution is 0.0515. The van der Waals surface area contributed by atoms with E-state index in [-0.39, 0.29) is 5.41 Å². The molecule has 16 heavy (non-hydrogen) atoms. The van der Waals surface area contributed by atoms with Gasteiger partial charge in [0.05, 0.1) is 6.10 Å². The predicted molar refractivity (Wildman–Crippen MR) is 56.4 cm³/mol. The highest BCUT2D eigenvalue weighted by atomic mass is 32.3. The monoisotopic (exact) mass is 252 g/mol. The SMILES string of the molecule is O=S(=O)(F)CC1OCCC12CCCOCC2. The maximum absolute atomic E-state index is 12.7. The number of halogens is 1. The first-order valence-electron chi connectivity index (χ1n) is 5.64. The van der Waals surface area contributed by atoms with Crippen molar-refractivity contribution in [2.75, 3.05) is 25.6 Å². The standard InChI is InChI=1S/C10H17FO4S/c11-16(12,13)8-9-10(4-7-15-9)2-1-5-14-6-3-10/h9H,1-8H2. The van der Waals surface area contributed by atoms with Crippen LogP contribution in [0.3, 0.4) is 0 Å². The van der Waals surface area contributed by atoms with E-state index in [1.807, 2.05) is 0 Å². The van der Waals surface area contributed by atoms with E-state index >= 15 is 0 Å².